The van der Waals surface area contributed by atoms with Crippen LogP contribution >= 0.6 is 27.5 Å². The first kappa shape index (κ1) is 14.1. The van der Waals surface area contributed by atoms with Crippen LogP contribution < -0.4 is 0 Å². The van der Waals surface area contributed by atoms with Crippen LogP contribution in [0.3, 0.4) is 0 Å². The van der Waals surface area contributed by atoms with Crippen LogP contribution in [0.2, 0.25) is 0 Å². The van der Waals surface area contributed by atoms with Gasteiger partial charge in [-0.1, -0.05) is 54.9 Å². The van der Waals surface area contributed by atoms with Crippen molar-refractivity contribution in [1.29, 1.82) is 0 Å². The zero-order valence-corrected chi connectivity index (χ0v) is 12.6. The zero-order chi connectivity index (χ0) is 12.2. The molecule has 0 saturated heterocycles. The first-order valence-electron chi connectivity index (χ1n) is 5.74. The Hall–Kier alpha value is -0.0100. The van der Waals surface area contributed by atoms with Gasteiger partial charge >= 0.3 is 0 Å². The second kappa shape index (κ2) is 6.07. The summed E-state index contributed by atoms with van der Waals surface area (Å²) in [5, 5.41) is 0. The molecule has 0 aromatic heterocycles. The summed E-state index contributed by atoms with van der Waals surface area (Å²) >= 11 is 9.68. The van der Waals surface area contributed by atoms with Gasteiger partial charge in [-0.2, -0.15) is 0 Å². The second-order valence-corrected chi connectivity index (χ2v) is 6.64. The molecule has 1 atom stereocenters. The van der Waals surface area contributed by atoms with E-state index in [1.54, 1.807) is 0 Å². The standard InChI is InChI=1S/C14H20BrCl/c1-14(2,3)9-8-11(10-16)12-6-4-5-7-13(12)15/h4-7,11H,8-10H2,1-3H3. The third-order valence-electron chi connectivity index (χ3n) is 2.77. The predicted molar refractivity (Wildman–Crippen MR) is 76.3 cm³/mol. The van der Waals surface area contributed by atoms with Gasteiger partial charge in [0.15, 0.2) is 0 Å². The molecule has 0 radical (unpaired) electrons. The molecule has 1 rings (SSSR count). The van der Waals surface area contributed by atoms with Gasteiger partial charge in [-0.25, -0.2) is 0 Å². The Morgan fingerprint density at radius 2 is 1.88 bits per heavy atom. The summed E-state index contributed by atoms with van der Waals surface area (Å²) in [5.74, 6) is 1.15. The number of alkyl halides is 1. The molecule has 0 aliphatic heterocycles. The highest BCUT2D eigenvalue weighted by Gasteiger charge is 2.17. The minimum atomic E-state index is 0.381. The van der Waals surface area contributed by atoms with Crippen LogP contribution in [0.1, 0.15) is 45.1 Å². The molecular formula is C14H20BrCl. The third kappa shape index (κ3) is 4.47. The summed E-state index contributed by atoms with van der Waals surface area (Å²) in [5.41, 5.74) is 1.72. The molecule has 0 spiro atoms. The number of hydrogen-bond donors (Lipinski definition) is 0. The van der Waals surface area contributed by atoms with Gasteiger partial charge in [0, 0.05) is 10.4 Å². The molecule has 0 aliphatic rings. The van der Waals surface area contributed by atoms with Crippen molar-refractivity contribution in [3.05, 3.63) is 34.3 Å². The van der Waals surface area contributed by atoms with E-state index in [4.69, 9.17) is 11.6 Å². The first-order valence-corrected chi connectivity index (χ1v) is 7.07. The van der Waals surface area contributed by atoms with E-state index in [0.717, 1.165) is 6.42 Å². The summed E-state index contributed by atoms with van der Waals surface area (Å²) in [6.07, 6.45) is 2.35. The average Bonchev–Trinajstić information content (AvgIpc) is 2.20. The van der Waals surface area contributed by atoms with Gasteiger partial charge in [0.1, 0.15) is 0 Å². The molecule has 1 unspecified atom stereocenters. The van der Waals surface area contributed by atoms with Crippen molar-refractivity contribution < 1.29 is 0 Å². The maximum Gasteiger partial charge on any atom is 0.0292 e. The fourth-order valence-electron chi connectivity index (χ4n) is 1.73. The summed E-state index contributed by atoms with van der Waals surface area (Å²) in [4.78, 5) is 0. The topological polar surface area (TPSA) is 0 Å². The lowest BCUT2D eigenvalue weighted by atomic mass is 9.85. The van der Waals surface area contributed by atoms with Gasteiger partial charge in [-0.05, 0) is 35.8 Å². The van der Waals surface area contributed by atoms with Crippen molar-refractivity contribution in [1.82, 2.24) is 0 Å². The molecular weight excluding hydrogens is 284 g/mol. The molecule has 1 aromatic rings. The summed E-state index contributed by atoms with van der Waals surface area (Å²) < 4.78 is 1.18. The van der Waals surface area contributed by atoms with E-state index in [1.807, 2.05) is 6.07 Å². The van der Waals surface area contributed by atoms with E-state index in [1.165, 1.54) is 16.5 Å². The fourth-order valence-corrected chi connectivity index (χ4v) is 2.66. The van der Waals surface area contributed by atoms with Crippen molar-refractivity contribution in [2.24, 2.45) is 5.41 Å². The normalized spacial score (nSPS) is 13.8. The monoisotopic (exact) mass is 302 g/mol. The van der Waals surface area contributed by atoms with Crippen LogP contribution in [-0.2, 0) is 0 Å². The Labute approximate surface area is 113 Å². The molecule has 1 aromatic carbocycles. The highest BCUT2D eigenvalue weighted by atomic mass is 79.9. The van der Waals surface area contributed by atoms with Gasteiger partial charge in [-0.15, -0.1) is 11.6 Å². The van der Waals surface area contributed by atoms with Gasteiger partial charge < -0.3 is 0 Å². The molecule has 16 heavy (non-hydrogen) atoms. The van der Waals surface area contributed by atoms with Gasteiger partial charge in [0.25, 0.3) is 0 Å². The SMILES string of the molecule is CC(C)(C)CCC(CCl)c1ccccc1Br. The van der Waals surface area contributed by atoms with E-state index in [-0.39, 0.29) is 0 Å². The highest BCUT2D eigenvalue weighted by Crippen LogP contribution is 2.33. The maximum absolute atomic E-state index is 6.08. The first-order chi connectivity index (χ1) is 7.44. The predicted octanol–water partition coefficient (Wildman–Crippen LogP) is 5.60. The highest BCUT2D eigenvalue weighted by molar-refractivity contribution is 9.10. The number of hydrogen-bond acceptors (Lipinski definition) is 0. The second-order valence-electron chi connectivity index (χ2n) is 5.47. The van der Waals surface area contributed by atoms with Crippen molar-refractivity contribution >= 4 is 27.5 Å². The van der Waals surface area contributed by atoms with Gasteiger partial charge in [0.05, 0.1) is 0 Å². The molecule has 0 N–H and O–H groups in total. The smallest absolute Gasteiger partial charge is 0.0292 e. The zero-order valence-electron chi connectivity index (χ0n) is 10.3. The fraction of sp³-hybridized carbons (Fsp3) is 0.571. The van der Waals surface area contributed by atoms with Crippen molar-refractivity contribution in [2.75, 3.05) is 5.88 Å². The molecule has 0 amide bonds. The van der Waals surface area contributed by atoms with Crippen LogP contribution in [0.25, 0.3) is 0 Å². The van der Waals surface area contributed by atoms with Gasteiger partial charge in [-0.3, -0.25) is 0 Å². The molecule has 0 aliphatic carbocycles. The number of rotatable bonds is 4. The molecule has 90 valence electrons. The Morgan fingerprint density at radius 3 is 2.38 bits per heavy atom. The Kier molecular flexibility index (Phi) is 5.33. The molecule has 2 heteroatoms. The third-order valence-corrected chi connectivity index (χ3v) is 3.87. The average molecular weight is 304 g/mol. The number of benzene rings is 1. The lowest BCUT2D eigenvalue weighted by Gasteiger charge is -2.22. The summed E-state index contributed by atoms with van der Waals surface area (Å²) in [6.45, 7) is 6.83. The minimum absolute atomic E-state index is 0.381. The van der Waals surface area contributed by atoms with E-state index >= 15 is 0 Å². The molecule has 0 bridgehead atoms. The van der Waals surface area contributed by atoms with E-state index < -0.39 is 0 Å². The molecule has 0 fully saturated rings. The molecule has 0 nitrogen and oxygen atoms in total. The van der Waals surface area contributed by atoms with Crippen molar-refractivity contribution in [3.8, 4) is 0 Å². The van der Waals surface area contributed by atoms with Gasteiger partial charge in [0.2, 0.25) is 0 Å². The Morgan fingerprint density at radius 1 is 1.25 bits per heavy atom. The minimum Gasteiger partial charge on any atom is -0.126 e. The summed E-state index contributed by atoms with van der Waals surface area (Å²) in [7, 11) is 0. The molecule has 0 heterocycles. The lowest BCUT2D eigenvalue weighted by Crippen LogP contribution is -2.09. The Balaban J connectivity index is 2.72. The quantitative estimate of drug-likeness (QED) is 0.635. The van der Waals surface area contributed by atoms with E-state index in [9.17, 15) is 0 Å². The van der Waals surface area contributed by atoms with E-state index in [0.29, 0.717) is 17.2 Å². The van der Waals surface area contributed by atoms with Crippen LogP contribution in [0.15, 0.2) is 28.7 Å². The van der Waals surface area contributed by atoms with Crippen LogP contribution in [0.5, 0.6) is 0 Å². The van der Waals surface area contributed by atoms with Crippen molar-refractivity contribution in [3.63, 3.8) is 0 Å². The Bertz CT molecular complexity index is 328. The van der Waals surface area contributed by atoms with Crippen LogP contribution in [-0.4, -0.2) is 5.88 Å². The van der Waals surface area contributed by atoms with Crippen LogP contribution in [0, 0.1) is 5.41 Å². The van der Waals surface area contributed by atoms with Crippen LogP contribution in [0.4, 0.5) is 0 Å². The largest absolute Gasteiger partial charge is 0.126 e. The van der Waals surface area contributed by atoms with E-state index in [2.05, 4.69) is 54.9 Å². The molecule has 0 saturated carbocycles. The lowest BCUT2D eigenvalue weighted by molar-refractivity contribution is 0.353. The maximum atomic E-state index is 6.08. The number of halogens is 2. The summed E-state index contributed by atoms with van der Waals surface area (Å²) in [6, 6.07) is 8.38. The van der Waals surface area contributed by atoms with Crippen molar-refractivity contribution in [2.45, 2.75) is 39.5 Å².